The van der Waals surface area contributed by atoms with Crippen LogP contribution in [0.15, 0.2) is 42.1 Å². The Morgan fingerprint density at radius 3 is 2.56 bits per heavy atom. The van der Waals surface area contributed by atoms with Gasteiger partial charge in [-0.1, -0.05) is 62.0 Å². The van der Waals surface area contributed by atoms with Crippen molar-refractivity contribution in [2.75, 3.05) is 0 Å². The third-order valence-electron chi connectivity index (χ3n) is 2.10. The molecule has 0 aromatic heterocycles. The van der Waals surface area contributed by atoms with Crippen molar-refractivity contribution in [1.29, 1.82) is 0 Å². The van der Waals surface area contributed by atoms with Crippen LogP contribution in [0, 0.1) is 5.92 Å². The van der Waals surface area contributed by atoms with E-state index < -0.39 is 0 Å². The summed E-state index contributed by atoms with van der Waals surface area (Å²) in [6.45, 7) is 3.90. The highest BCUT2D eigenvalue weighted by Crippen LogP contribution is 2.13. The highest BCUT2D eigenvalue weighted by molar-refractivity contribution is 8.12. The van der Waals surface area contributed by atoms with Crippen LogP contribution in [0.4, 0.5) is 4.79 Å². The Morgan fingerprint density at radius 2 is 2.00 bits per heavy atom. The Hall–Kier alpha value is -1.55. The van der Waals surface area contributed by atoms with E-state index in [2.05, 4.69) is 5.32 Å². The summed E-state index contributed by atoms with van der Waals surface area (Å²) in [7, 11) is 0. The van der Waals surface area contributed by atoms with Crippen LogP contribution in [0.3, 0.4) is 0 Å². The normalized spacial score (nSPS) is 11.4. The molecule has 0 aliphatic carbocycles. The average molecular weight is 263 g/mol. The Balaban J connectivity index is 2.44. The Kier molecular flexibility index (Phi) is 6.22. The lowest BCUT2D eigenvalue weighted by Crippen LogP contribution is -2.19. The highest BCUT2D eigenvalue weighted by Gasteiger charge is 2.05. The molecular formula is C14H17NO2S. The molecule has 1 amide bonds. The summed E-state index contributed by atoms with van der Waals surface area (Å²) >= 11 is 1.15. The summed E-state index contributed by atoms with van der Waals surface area (Å²) in [6, 6.07) is 9.73. The van der Waals surface area contributed by atoms with Crippen LogP contribution in [-0.4, -0.2) is 11.5 Å². The number of amides is 1. The van der Waals surface area contributed by atoms with Crippen LogP contribution in [0.2, 0.25) is 0 Å². The molecule has 3 nitrogen and oxygen atoms in total. The number of carbonyl (C=O) groups is 2. The number of hydrogen-bond acceptors (Lipinski definition) is 3. The van der Waals surface area contributed by atoms with E-state index in [0.29, 0.717) is 17.7 Å². The number of allylic oxidation sites excluding steroid dienone is 2. The van der Waals surface area contributed by atoms with Crippen molar-refractivity contribution in [2.24, 2.45) is 5.92 Å². The second-order valence-corrected chi connectivity index (χ2v) is 5.12. The summed E-state index contributed by atoms with van der Waals surface area (Å²) in [5.74, 6) is 0.824. The van der Waals surface area contributed by atoms with E-state index in [0.717, 1.165) is 17.3 Å². The van der Waals surface area contributed by atoms with Gasteiger partial charge >= 0.3 is 0 Å². The van der Waals surface area contributed by atoms with Crippen LogP contribution in [0.5, 0.6) is 0 Å². The fourth-order valence-electron chi connectivity index (χ4n) is 1.35. The van der Waals surface area contributed by atoms with Crippen molar-refractivity contribution in [3.05, 3.63) is 47.7 Å². The molecule has 0 fully saturated rings. The third kappa shape index (κ3) is 5.68. The van der Waals surface area contributed by atoms with Crippen molar-refractivity contribution >= 4 is 23.3 Å². The van der Waals surface area contributed by atoms with Gasteiger partial charge in [0.25, 0.3) is 5.24 Å². The van der Waals surface area contributed by atoms with Gasteiger partial charge in [0.15, 0.2) is 6.29 Å². The number of benzene rings is 1. The Morgan fingerprint density at radius 1 is 1.33 bits per heavy atom. The maximum Gasteiger partial charge on any atom is 0.283 e. The van der Waals surface area contributed by atoms with Gasteiger partial charge in [0.05, 0.1) is 5.70 Å². The van der Waals surface area contributed by atoms with Crippen LogP contribution in [-0.2, 0) is 10.5 Å². The molecule has 0 aliphatic rings. The second-order valence-electron chi connectivity index (χ2n) is 4.17. The number of carbonyl (C=O) groups excluding carboxylic acids is 2. The van der Waals surface area contributed by atoms with Gasteiger partial charge in [-0.2, -0.15) is 0 Å². The maximum absolute atomic E-state index is 11.6. The van der Waals surface area contributed by atoms with E-state index in [-0.39, 0.29) is 11.2 Å². The quantitative estimate of drug-likeness (QED) is 0.654. The molecule has 0 radical (unpaired) electrons. The number of aldehydes is 1. The van der Waals surface area contributed by atoms with E-state index in [4.69, 9.17) is 0 Å². The van der Waals surface area contributed by atoms with Gasteiger partial charge in [-0.05, 0) is 11.5 Å². The topological polar surface area (TPSA) is 46.2 Å². The predicted octanol–water partition coefficient (Wildman–Crippen LogP) is 3.37. The molecule has 1 N–H and O–H groups in total. The molecule has 4 heteroatoms. The summed E-state index contributed by atoms with van der Waals surface area (Å²) < 4.78 is 0. The lowest BCUT2D eigenvalue weighted by Gasteiger charge is -2.05. The minimum atomic E-state index is -0.210. The fraction of sp³-hybridized carbons (Fsp3) is 0.286. The van der Waals surface area contributed by atoms with Crippen molar-refractivity contribution in [1.82, 2.24) is 5.32 Å². The van der Waals surface area contributed by atoms with Gasteiger partial charge in [-0.25, -0.2) is 0 Å². The minimum Gasteiger partial charge on any atom is -0.314 e. The Bertz CT molecular complexity index is 427. The summed E-state index contributed by atoms with van der Waals surface area (Å²) in [4.78, 5) is 22.4. The SMILES string of the molecule is CC(C)/C=C(\C=O)NC(=O)SCc1ccccc1. The first-order valence-corrected chi connectivity index (χ1v) is 6.75. The third-order valence-corrected chi connectivity index (χ3v) is 2.94. The molecule has 1 aromatic carbocycles. The zero-order valence-electron chi connectivity index (χ0n) is 10.6. The molecular weight excluding hydrogens is 246 g/mol. The van der Waals surface area contributed by atoms with Crippen molar-refractivity contribution in [2.45, 2.75) is 19.6 Å². The van der Waals surface area contributed by atoms with Crippen LogP contribution < -0.4 is 5.32 Å². The van der Waals surface area contributed by atoms with Crippen molar-refractivity contribution < 1.29 is 9.59 Å². The van der Waals surface area contributed by atoms with E-state index in [1.165, 1.54) is 0 Å². The number of nitrogens with one attached hydrogen (secondary N) is 1. The molecule has 0 aliphatic heterocycles. The molecule has 0 atom stereocenters. The molecule has 96 valence electrons. The van der Waals surface area contributed by atoms with Gasteiger partial charge in [0.2, 0.25) is 0 Å². The molecule has 0 heterocycles. The molecule has 0 bridgehead atoms. The summed E-state index contributed by atoms with van der Waals surface area (Å²) in [5, 5.41) is 2.38. The number of rotatable bonds is 5. The van der Waals surface area contributed by atoms with E-state index >= 15 is 0 Å². The maximum atomic E-state index is 11.6. The molecule has 1 aromatic rings. The summed E-state index contributed by atoms with van der Waals surface area (Å²) in [5.41, 5.74) is 1.41. The first-order valence-electron chi connectivity index (χ1n) is 5.76. The van der Waals surface area contributed by atoms with Gasteiger partial charge < -0.3 is 5.32 Å². The van der Waals surface area contributed by atoms with Crippen molar-refractivity contribution in [3.8, 4) is 0 Å². The van der Waals surface area contributed by atoms with Crippen LogP contribution in [0.25, 0.3) is 0 Å². The van der Waals surface area contributed by atoms with Crippen LogP contribution in [0.1, 0.15) is 19.4 Å². The van der Waals surface area contributed by atoms with E-state index in [1.807, 2.05) is 44.2 Å². The molecule has 1 rings (SSSR count). The molecule has 18 heavy (non-hydrogen) atoms. The number of hydrogen-bond donors (Lipinski definition) is 1. The van der Waals surface area contributed by atoms with Crippen molar-refractivity contribution in [3.63, 3.8) is 0 Å². The van der Waals surface area contributed by atoms with E-state index in [9.17, 15) is 9.59 Å². The van der Waals surface area contributed by atoms with Gasteiger partial charge in [0, 0.05) is 5.75 Å². The Labute approximate surface area is 112 Å². The molecule has 0 saturated heterocycles. The smallest absolute Gasteiger partial charge is 0.283 e. The van der Waals surface area contributed by atoms with Crippen LogP contribution >= 0.6 is 11.8 Å². The monoisotopic (exact) mass is 263 g/mol. The largest absolute Gasteiger partial charge is 0.314 e. The zero-order chi connectivity index (χ0) is 13.4. The van der Waals surface area contributed by atoms with Gasteiger partial charge in [-0.3, -0.25) is 9.59 Å². The zero-order valence-corrected chi connectivity index (χ0v) is 11.4. The summed E-state index contributed by atoms with van der Waals surface area (Å²) in [6.07, 6.45) is 2.40. The lowest BCUT2D eigenvalue weighted by molar-refractivity contribution is -0.105. The lowest BCUT2D eigenvalue weighted by atomic mass is 10.2. The van der Waals surface area contributed by atoms with Gasteiger partial charge in [0.1, 0.15) is 0 Å². The molecule has 0 saturated carbocycles. The number of thioether (sulfide) groups is 1. The fourth-order valence-corrected chi connectivity index (χ4v) is 2.03. The predicted molar refractivity (Wildman–Crippen MR) is 75.3 cm³/mol. The second kappa shape index (κ2) is 7.71. The standard InChI is InChI=1S/C14H17NO2S/c1-11(2)8-13(9-16)15-14(17)18-10-12-6-4-3-5-7-12/h3-9,11H,10H2,1-2H3,(H,15,17)/b13-8+. The highest BCUT2D eigenvalue weighted by atomic mass is 32.2. The first kappa shape index (κ1) is 14.5. The molecule has 0 spiro atoms. The van der Waals surface area contributed by atoms with E-state index in [1.54, 1.807) is 6.08 Å². The molecule has 0 unspecified atom stereocenters. The first-order chi connectivity index (χ1) is 8.61. The minimum absolute atomic E-state index is 0.210. The average Bonchev–Trinajstić information content (AvgIpc) is 2.36. The van der Waals surface area contributed by atoms with Gasteiger partial charge in [-0.15, -0.1) is 0 Å².